The molecule has 10 heteroatoms. The smallest absolute Gasteiger partial charge is 0.341 e. The molecule has 148 valence electrons. The van der Waals surface area contributed by atoms with Gasteiger partial charge in [-0.15, -0.1) is 11.3 Å². The first-order chi connectivity index (χ1) is 13.1. The third-order valence-corrected chi connectivity index (χ3v) is 4.94. The second kappa shape index (κ2) is 8.61. The van der Waals surface area contributed by atoms with E-state index < -0.39 is 16.8 Å². The van der Waals surface area contributed by atoms with Crippen molar-refractivity contribution in [2.24, 2.45) is 0 Å². The fourth-order valence-electron chi connectivity index (χ4n) is 2.40. The van der Waals surface area contributed by atoms with Crippen LogP contribution >= 0.6 is 11.3 Å². The number of nitro benzene ring substituents is 1. The first-order valence-electron chi connectivity index (χ1n) is 8.24. The van der Waals surface area contributed by atoms with Crippen molar-refractivity contribution in [1.82, 2.24) is 5.32 Å². The first kappa shape index (κ1) is 21.0. The highest BCUT2D eigenvalue weighted by Gasteiger charge is 2.26. The summed E-state index contributed by atoms with van der Waals surface area (Å²) in [5.74, 6) is -1.62. The van der Waals surface area contributed by atoms with E-state index >= 15 is 0 Å². The number of benzene rings is 1. The number of hydrogen-bond acceptors (Lipinski definition) is 7. The highest BCUT2D eigenvalue weighted by Crippen LogP contribution is 2.34. The van der Waals surface area contributed by atoms with E-state index in [0.717, 1.165) is 11.3 Å². The van der Waals surface area contributed by atoms with Gasteiger partial charge in [-0.25, -0.2) is 4.79 Å². The fraction of sp³-hybridized carbons (Fsp3) is 0.278. The van der Waals surface area contributed by atoms with Gasteiger partial charge in [-0.1, -0.05) is 0 Å². The minimum Gasteiger partial charge on any atom is -0.465 e. The van der Waals surface area contributed by atoms with Crippen LogP contribution in [-0.4, -0.2) is 35.9 Å². The van der Waals surface area contributed by atoms with E-state index in [2.05, 4.69) is 10.6 Å². The summed E-state index contributed by atoms with van der Waals surface area (Å²) >= 11 is 0.958. The molecule has 0 unspecified atom stereocenters. The number of carbonyl (C=O) groups is 3. The van der Waals surface area contributed by atoms with Crippen molar-refractivity contribution in [1.29, 1.82) is 0 Å². The highest BCUT2D eigenvalue weighted by molar-refractivity contribution is 7.18. The van der Waals surface area contributed by atoms with Crippen molar-refractivity contribution in [3.63, 3.8) is 0 Å². The molecule has 0 spiro atoms. The zero-order valence-electron chi connectivity index (χ0n) is 15.7. The van der Waals surface area contributed by atoms with Crippen LogP contribution in [0.3, 0.4) is 0 Å². The summed E-state index contributed by atoms with van der Waals surface area (Å²) in [4.78, 5) is 47.5. The SMILES string of the molecule is COC(=O)c1c(NC(=O)c2ccc([N+](=O)[O-])cc2)sc(C(=O)NC(C)C)c1C. The van der Waals surface area contributed by atoms with Crippen LogP contribution in [0.1, 0.15) is 49.8 Å². The van der Waals surface area contributed by atoms with Gasteiger partial charge in [0.15, 0.2) is 0 Å². The Morgan fingerprint density at radius 1 is 1.14 bits per heavy atom. The lowest BCUT2D eigenvalue weighted by molar-refractivity contribution is -0.384. The Labute approximate surface area is 164 Å². The van der Waals surface area contributed by atoms with Crippen LogP contribution in [-0.2, 0) is 4.74 Å². The van der Waals surface area contributed by atoms with Crippen LogP contribution in [0.25, 0.3) is 0 Å². The third-order valence-electron chi connectivity index (χ3n) is 3.73. The van der Waals surface area contributed by atoms with Gasteiger partial charge in [-0.05, 0) is 38.5 Å². The predicted octanol–water partition coefficient (Wildman–Crippen LogP) is 3.14. The van der Waals surface area contributed by atoms with Crippen molar-refractivity contribution in [3.8, 4) is 0 Å². The Bertz CT molecular complexity index is 934. The van der Waals surface area contributed by atoms with Crippen molar-refractivity contribution in [3.05, 3.63) is 55.9 Å². The zero-order valence-corrected chi connectivity index (χ0v) is 16.5. The maximum atomic E-state index is 12.5. The molecule has 1 aromatic carbocycles. The lowest BCUT2D eigenvalue weighted by atomic mass is 10.1. The average Bonchev–Trinajstić information content (AvgIpc) is 2.96. The molecule has 0 aliphatic heterocycles. The van der Waals surface area contributed by atoms with Crippen LogP contribution in [0.15, 0.2) is 24.3 Å². The van der Waals surface area contributed by atoms with Gasteiger partial charge in [0.05, 0.1) is 22.5 Å². The summed E-state index contributed by atoms with van der Waals surface area (Å²) < 4.78 is 4.77. The number of carbonyl (C=O) groups excluding carboxylic acids is 3. The van der Waals surface area contributed by atoms with Crippen molar-refractivity contribution < 1.29 is 24.0 Å². The van der Waals surface area contributed by atoms with Gasteiger partial charge in [0.25, 0.3) is 17.5 Å². The molecule has 9 nitrogen and oxygen atoms in total. The largest absolute Gasteiger partial charge is 0.465 e. The number of esters is 1. The van der Waals surface area contributed by atoms with E-state index in [1.807, 2.05) is 0 Å². The average molecular weight is 405 g/mol. The molecule has 0 saturated heterocycles. The van der Waals surface area contributed by atoms with Gasteiger partial charge >= 0.3 is 5.97 Å². The maximum Gasteiger partial charge on any atom is 0.341 e. The molecule has 0 bridgehead atoms. The number of nitrogens with zero attached hydrogens (tertiary/aromatic N) is 1. The van der Waals surface area contributed by atoms with Crippen molar-refractivity contribution in [2.75, 3.05) is 12.4 Å². The van der Waals surface area contributed by atoms with Crippen LogP contribution in [0.4, 0.5) is 10.7 Å². The van der Waals surface area contributed by atoms with Gasteiger partial charge in [0.1, 0.15) is 5.00 Å². The molecule has 1 heterocycles. The highest BCUT2D eigenvalue weighted by atomic mass is 32.1. The normalized spacial score (nSPS) is 10.5. The predicted molar refractivity (Wildman–Crippen MR) is 104 cm³/mol. The summed E-state index contributed by atoms with van der Waals surface area (Å²) in [6.45, 7) is 5.21. The number of thiophene rings is 1. The summed E-state index contributed by atoms with van der Waals surface area (Å²) in [6.07, 6.45) is 0. The Hall–Kier alpha value is -3.27. The zero-order chi connectivity index (χ0) is 21.0. The number of hydrogen-bond donors (Lipinski definition) is 2. The number of methoxy groups -OCH3 is 1. The monoisotopic (exact) mass is 405 g/mol. The molecule has 0 radical (unpaired) electrons. The molecule has 2 rings (SSSR count). The molecule has 28 heavy (non-hydrogen) atoms. The van der Waals surface area contributed by atoms with Crippen LogP contribution in [0.5, 0.6) is 0 Å². The first-order valence-corrected chi connectivity index (χ1v) is 9.05. The minimum absolute atomic E-state index is 0.0941. The number of anilines is 1. The van der Waals surface area contributed by atoms with E-state index in [9.17, 15) is 24.5 Å². The van der Waals surface area contributed by atoms with Crippen molar-refractivity contribution in [2.45, 2.75) is 26.8 Å². The summed E-state index contributed by atoms with van der Waals surface area (Å²) in [6, 6.07) is 4.92. The van der Waals surface area contributed by atoms with Crippen LogP contribution < -0.4 is 10.6 Å². The molecule has 2 amide bonds. The van der Waals surface area contributed by atoms with Gasteiger partial charge in [0.2, 0.25) is 0 Å². The molecule has 0 atom stereocenters. The Balaban J connectivity index is 2.37. The van der Waals surface area contributed by atoms with Crippen LogP contribution in [0, 0.1) is 17.0 Å². The van der Waals surface area contributed by atoms with Gasteiger partial charge in [-0.3, -0.25) is 19.7 Å². The molecule has 2 N–H and O–H groups in total. The molecule has 0 aliphatic carbocycles. The number of ether oxygens (including phenoxy) is 1. The Morgan fingerprint density at radius 3 is 2.25 bits per heavy atom. The van der Waals surface area contributed by atoms with E-state index in [1.54, 1.807) is 20.8 Å². The molecular weight excluding hydrogens is 386 g/mol. The number of amides is 2. The van der Waals surface area contributed by atoms with Gasteiger partial charge < -0.3 is 15.4 Å². The number of non-ortho nitro benzene ring substituents is 1. The number of nitrogens with one attached hydrogen (secondary N) is 2. The lowest BCUT2D eigenvalue weighted by Crippen LogP contribution is -2.29. The topological polar surface area (TPSA) is 128 Å². The van der Waals surface area contributed by atoms with E-state index in [4.69, 9.17) is 4.74 Å². The molecule has 0 aliphatic rings. The molecular formula is C18H19N3O6S. The molecule has 2 aromatic rings. The second-order valence-electron chi connectivity index (χ2n) is 6.14. The quantitative estimate of drug-likeness (QED) is 0.432. The van der Waals surface area contributed by atoms with Gasteiger partial charge in [-0.2, -0.15) is 0 Å². The number of rotatable bonds is 6. The Kier molecular flexibility index (Phi) is 6.47. The lowest BCUT2D eigenvalue weighted by Gasteiger charge is -2.07. The van der Waals surface area contributed by atoms with Gasteiger partial charge in [0, 0.05) is 23.7 Å². The van der Waals surface area contributed by atoms with Crippen molar-refractivity contribution >= 4 is 39.8 Å². The van der Waals surface area contributed by atoms with E-state index in [0.29, 0.717) is 5.56 Å². The minimum atomic E-state index is -0.684. The second-order valence-corrected chi connectivity index (χ2v) is 7.16. The third kappa shape index (κ3) is 4.52. The van der Waals surface area contributed by atoms with Crippen LogP contribution in [0.2, 0.25) is 0 Å². The molecule has 0 fully saturated rings. The standard InChI is InChI=1S/C18H19N3O6S/c1-9(2)19-16(23)14-10(3)13(18(24)27-4)17(28-14)20-15(22)11-5-7-12(8-6-11)21(25)26/h5-9H,1-4H3,(H,19,23)(H,20,22). The molecule has 1 aromatic heterocycles. The fourth-order valence-corrected chi connectivity index (χ4v) is 3.50. The summed E-state index contributed by atoms with van der Waals surface area (Å²) in [5, 5.41) is 16.2. The maximum absolute atomic E-state index is 12.5. The van der Waals surface area contributed by atoms with E-state index in [1.165, 1.54) is 31.4 Å². The van der Waals surface area contributed by atoms with E-state index in [-0.39, 0.29) is 38.6 Å². The summed E-state index contributed by atoms with van der Waals surface area (Å²) in [5.41, 5.74) is 0.512. The summed E-state index contributed by atoms with van der Waals surface area (Å²) in [7, 11) is 1.20. The number of nitro groups is 1. The Morgan fingerprint density at radius 2 is 1.75 bits per heavy atom. The molecule has 0 saturated carbocycles.